The molecule has 4 heteroatoms. The number of unbranched alkanes of at least 4 members (excludes halogenated alkanes) is 1. The highest BCUT2D eigenvalue weighted by Crippen LogP contribution is 2.21. The highest BCUT2D eigenvalue weighted by Gasteiger charge is 2.19. The molecule has 0 aliphatic carbocycles. The van der Waals surface area contributed by atoms with Crippen LogP contribution in [0.1, 0.15) is 39.5 Å². The first-order valence-electron chi connectivity index (χ1n) is 7.11. The minimum atomic E-state index is 0.259. The van der Waals surface area contributed by atoms with Crippen molar-refractivity contribution in [3.8, 4) is 0 Å². The first kappa shape index (κ1) is 15.4. The van der Waals surface area contributed by atoms with Crippen LogP contribution in [0.3, 0.4) is 0 Å². The second-order valence-corrected chi connectivity index (χ2v) is 6.27. The summed E-state index contributed by atoms with van der Waals surface area (Å²) >= 11 is 0. The molecule has 1 fully saturated rings. The standard InChI is InChI=1S/C14H29N3O/c1-14(2,12-15)7-4-5-9-17-10-6-8-16(3)13(18)11-17/h4-12,15H2,1-3H3. The van der Waals surface area contributed by atoms with E-state index in [2.05, 4.69) is 18.7 Å². The van der Waals surface area contributed by atoms with E-state index in [1.54, 1.807) is 0 Å². The predicted molar refractivity (Wildman–Crippen MR) is 75.4 cm³/mol. The molecule has 0 saturated carbocycles. The van der Waals surface area contributed by atoms with E-state index < -0.39 is 0 Å². The molecule has 0 aromatic carbocycles. The van der Waals surface area contributed by atoms with Gasteiger partial charge in [-0.05, 0) is 37.8 Å². The lowest BCUT2D eigenvalue weighted by Crippen LogP contribution is -2.34. The summed E-state index contributed by atoms with van der Waals surface area (Å²) in [6.07, 6.45) is 4.63. The molecule has 18 heavy (non-hydrogen) atoms. The van der Waals surface area contributed by atoms with Gasteiger partial charge in [-0.1, -0.05) is 20.3 Å². The lowest BCUT2D eigenvalue weighted by Gasteiger charge is -2.23. The topological polar surface area (TPSA) is 49.6 Å². The summed E-state index contributed by atoms with van der Waals surface area (Å²) in [4.78, 5) is 15.9. The van der Waals surface area contributed by atoms with Gasteiger partial charge in [0.1, 0.15) is 0 Å². The van der Waals surface area contributed by atoms with E-state index >= 15 is 0 Å². The maximum absolute atomic E-state index is 11.7. The van der Waals surface area contributed by atoms with E-state index in [0.29, 0.717) is 6.54 Å². The number of hydrogen-bond donors (Lipinski definition) is 1. The zero-order chi connectivity index (χ0) is 13.6. The van der Waals surface area contributed by atoms with E-state index in [4.69, 9.17) is 5.73 Å². The number of carbonyl (C=O) groups is 1. The molecule has 2 N–H and O–H groups in total. The van der Waals surface area contributed by atoms with Crippen molar-refractivity contribution in [3.63, 3.8) is 0 Å². The van der Waals surface area contributed by atoms with E-state index in [-0.39, 0.29) is 11.3 Å². The number of likely N-dealkylation sites (N-methyl/N-ethyl adjacent to an activating group) is 1. The van der Waals surface area contributed by atoms with Gasteiger partial charge in [-0.2, -0.15) is 0 Å². The molecule has 0 radical (unpaired) electrons. The first-order chi connectivity index (χ1) is 8.44. The Kier molecular flexibility index (Phi) is 6.09. The average molecular weight is 255 g/mol. The summed E-state index contributed by atoms with van der Waals surface area (Å²) in [5, 5.41) is 0. The second kappa shape index (κ2) is 7.10. The summed E-state index contributed by atoms with van der Waals surface area (Å²) in [6, 6.07) is 0. The van der Waals surface area contributed by atoms with Crippen LogP contribution in [0, 0.1) is 5.41 Å². The fourth-order valence-electron chi connectivity index (χ4n) is 2.28. The Morgan fingerprint density at radius 2 is 2.00 bits per heavy atom. The zero-order valence-electron chi connectivity index (χ0n) is 12.2. The van der Waals surface area contributed by atoms with E-state index in [9.17, 15) is 4.79 Å². The van der Waals surface area contributed by atoms with Crippen LogP contribution in [-0.4, -0.2) is 55.5 Å². The van der Waals surface area contributed by atoms with Gasteiger partial charge >= 0.3 is 0 Å². The SMILES string of the molecule is CN1CCCN(CCCCC(C)(C)CN)CC1=O. The smallest absolute Gasteiger partial charge is 0.236 e. The van der Waals surface area contributed by atoms with Gasteiger partial charge in [0, 0.05) is 20.1 Å². The van der Waals surface area contributed by atoms with Crippen LogP contribution in [-0.2, 0) is 4.79 Å². The maximum atomic E-state index is 11.7. The number of carbonyl (C=O) groups excluding carboxylic acids is 1. The Labute approximate surface area is 111 Å². The molecule has 1 aliphatic rings. The van der Waals surface area contributed by atoms with Crippen molar-refractivity contribution < 1.29 is 4.79 Å². The monoisotopic (exact) mass is 255 g/mol. The highest BCUT2D eigenvalue weighted by atomic mass is 16.2. The lowest BCUT2D eigenvalue weighted by molar-refractivity contribution is -0.129. The minimum Gasteiger partial charge on any atom is -0.345 e. The van der Waals surface area contributed by atoms with Crippen LogP contribution in [0.15, 0.2) is 0 Å². The predicted octanol–water partition coefficient (Wildman–Crippen LogP) is 1.31. The number of rotatable bonds is 6. The largest absolute Gasteiger partial charge is 0.345 e. The second-order valence-electron chi connectivity index (χ2n) is 6.27. The van der Waals surface area contributed by atoms with Crippen molar-refractivity contribution in [2.24, 2.45) is 11.1 Å². The molecule has 1 heterocycles. The van der Waals surface area contributed by atoms with Crippen molar-refractivity contribution in [2.75, 3.05) is 39.8 Å². The highest BCUT2D eigenvalue weighted by molar-refractivity contribution is 5.78. The summed E-state index contributed by atoms with van der Waals surface area (Å²) in [7, 11) is 1.90. The van der Waals surface area contributed by atoms with Gasteiger partial charge in [0.05, 0.1) is 6.54 Å². The summed E-state index contributed by atoms with van der Waals surface area (Å²) in [6.45, 7) is 8.78. The molecule has 0 bridgehead atoms. The maximum Gasteiger partial charge on any atom is 0.236 e. The Morgan fingerprint density at radius 3 is 2.67 bits per heavy atom. The molecule has 0 atom stereocenters. The number of hydrogen-bond acceptors (Lipinski definition) is 3. The number of amides is 1. The van der Waals surface area contributed by atoms with Crippen molar-refractivity contribution >= 4 is 5.91 Å². The van der Waals surface area contributed by atoms with E-state index in [0.717, 1.165) is 32.6 Å². The van der Waals surface area contributed by atoms with Crippen LogP contribution < -0.4 is 5.73 Å². The Bertz CT molecular complexity index is 266. The Hall–Kier alpha value is -0.610. The van der Waals surface area contributed by atoms with Crippen molar-refractivity contribution in [3.05, 3.63) is 0 Å². The molecule has 4 nitrogen and oxygen atoms in total. The van der Waals surface area contributed by atoms with E-state index in [1.807, 2.05) is 11.9 Å². The van der Waals surface area contributed by atoms with Crippen LogP contribution in [0.2, 0.25) is 0 Å². The van der Waals surface area contributed by atoms with Crippen molar-refractivity contribution in [2.45, 2.75) is 39.5 Å². The summed E-state index contributed by atoms with van der Waals surface area (Å²) in [5.74, 6) is 0.259. The van der Waals surface area contributed by atoms with Gasteiger partial charge < -0.3 is 10.6 Å². The third kappa shape index (κ3) is 5.36. The molecule has 1 saturated heterocycles. The molecular weight excluding hydrogens is 226 g/mol. The van der Waals surface area contributed by atoms with Crippen LogP contribution in [0.4, 0.5) is 0 Å². The molecule has 1 rings (SSSR count). The normalized spacial score (nSPS) is 19.1. The van der Waals surface area contributed by atoms with Gasteiger partial charge in [0.25, 0.3) is 0 Å². The molecule has 1 aliphatic heterocycles. The van der Waals surface area contributed by atoms with Crippen LogP contribution in [0.25, 0.3) is 0 Å². The van der Waals surface area contributed by atoms with Crippen molar-refractivity contribution in [1.82, 2.24) is 9.80 Å². The van der Waals surface area contributed by atoms with Gasteiger partial charge in [0.15, 0.2) is 0 Å². The van der Waals surface area contributed by atoms with Crippen LogP contribution >= 0.6 is 0 Å². The van der Waals surface area contributed by atoms with Gasteiger partial charge in [-0.25, -0.2) is 0 Å². The third-order valence-electron chi connectivity index (χ3n) is 3.88. The van der Waals surface area contributed by atoms with Gasteiger partial charge in [0.2, 0.25) is 5.91 Å². The Balaban J connectivity index is 2.21. The Morgan fingerprint density at radius 1 is 1.28 bits per heavy atom. The number of nitrogens with zero attached hydrogens (tertiary/aromatic N) is 2. The fraction of sp³-hybridized carbons (Fsp3) is 0.929. The fourth-order valence-corrected chi connectivity index (χ4v) is 2.28. The summed E-state index contributed by atoms with van der Waals surface area (Å²) in [5.41, 5.74) is 5.98. The molecule has 106 valence electrons. The quantitative estimate of drug-likeness (QED) is 0.728. The van der Waals surface area contributed by atoms with Crippen molar-refractivity contribution in [1.29, 1.82) is 0 Å². The average Bonchev–Trinajstić information content (AvgIpc) is 2.48. The first-order valence-corrected chi connectivity index (χ1v) is 7.11. The third-order valence-corrected chi connectivity index (χ3v) is 3.88. The van der Waals surface area contributed by atoms with E-state index in [1.165, 1.54) is 19.3 Å². The molecule has 1 amide bonds. The number of nitrogens with two attached hydrogens (primary N) is 1. The molecular formula is C14H29N3O. The molecule has 0 aromatic heterocycles. The minimum absolute atomic E-state index is 0.259. The van der Waals surface area contributed by atoms with Gasteiger partial charge in [-0.3, -0.25) is 9.69 Å². The van der Waals surface area contributed by atoms with Gasteiger partial charge in [-0.15, -0.1) is 0 Å². The zero-order valence-corrected chi connectivity index (χ0v) is 12.2. The molecule has 0 aromatic rings. The summed E-state index contributed by atoms with van der Waals surface area (Å²) < 4.78 is 0. The molecule has 0 unspecified atom stereocenters. The lowest BCUT2D eigenvalue weighted by atomic mass is 9.87. The molecule has 0 spiro atoms. The van der Waals surface area contributed by atoms with Crippen LogP contribution in [0.5, 0.6) is 0 Å².